The molecule has 26 heavy (non-hydrogen) atoms. The van der Waals surface area contributed by atoms with Crippen molar-refractivity contribution in [2.75, 3.05) is 19.0 Å². The molecule has 1 aromatic heterocycles. The van der Waals surface area contributed by atoms with Crippen LogP contribution in [-0.4, -0.2) is 25.5 Å². The summed E-state index contributed by atoms with van der Waals surface area (Å²) >= 11 is 7.61. The Balaban J connectivity index is 1.65. The molecule has 2 aromatic rings. The Labute approximate surface area is 161 Å². The van der Waals surface area contributed by atoms with Gasteiger partial charge >= 0.3 is 11.8 Å². The van der Waals surface area contributed by atoms with Gasteiger partial charge in [-0.2, -0.15) is 11.3 Å². The molecule has 0 aliphatic heterocycles. The summed E-state index contributed by atoms with van der Waals surface area (Å²) < 4.78 is 5.18. The number of amides is 2. The number of methoxy groups -OCH3 is 1. The monoisotopic (exact) mass is 392 g/mol. The van der Waals surface area contributed by atoms with E-state index in [1.54, 1.807) is 29.5 Å². The second kappa shape index (κ2) is 8.10. The molecule has 1 saturated carbocycles. The van der Waals surface area contributed by atoms with Gasteiger partial charge in [-0.25, -0.2) is 0 Å². The first-order chi connectivity index (χ1) is 12.5. The van der Waals surface area contributed by atoms with Gasteiger partial charge in [0.15, 0.2) is 0 Å². The van der Waals surface area contributed by atoms with Gasteiger partial charge in [0.25, 0.3) is 0 Å². The topological polar surface area (TPSA) is 67.4 Å². The summed E-state index contributed by atoms with van der Waals surface area (Å²) in [6.07, 6.45) is 4.32. The van der Waals surface area contributed by atoms with Crippen LogP contribution >= 0.6 is 22.9 Å². The van der Waals surface area contributed by atoms with E-state index in [9.17, 15) is 9.59 Å². The van der Waals surface area contributed by atoms with Gasteiger partial charge in [0.1, 0.15) is 5.75 Å². The van der Waals surface area contributed by atoms with E-state index in [1.807, 2.05) is 0 Å². The smallest absolute Gasteiger partial charge is 0.313 e. The standard InChI is InChI=1S/C19H21ClN2O3S/c1-25-16-5-4-14(20)10-15(16)22-18(24)17(23)21-12-19(7-2-3-8-19)13-6-9-26-11-13/h4-6,9-11H,2-3,7-8,12H2,1H3,(H,21,23)(H,22,24). The van der Waals surface area contributed by atoms with Gasteiger partial charge in [-0.1, -0.05) is 24.4 Å². The summed E-state index contributed by atoms with van der Waals surface area (Å²) in [5, 5.41) is 10.0. The van der Waals surface area contributed by atoms with Gasteiger partial charge in [-0.3, -0.25) is 9.59 Å². The first-order valence-corrected chi connectivity index (χ1v) is 9.81. The van der Waals surface area contributed by atoms with Crippen LogP contribution in [0.3, 0.4) is 0 Å². The molecular weight excluding hydrogens is 372 g/mol. The maximum absolute atomic E-state index is 12.3. The summed E-state index contributed by atoms with van der Waals surface area (Å²) in [5.74, 6) is -0.946. The lowest BCUT2D eigenvalue weighted by Gasteiger charge is -2.28. The fourth-order valence-corrected chi connectivity index (χ4v) is 4.42. The fourth-order valence-electron chi connectivity index (χ4n) is 3.47. The van der Waals surface area contributed by atoms with Crippen LogP contribution in [-0.2, 0) is 15.0 Å². The summed E-state index contributed by atoms with van der Waals surface area (Å²) in [5.41, 5.74) is 1.55. The zero-order chi connectivity index (χ0) is 18.6. The Hall–Kier alpha value is -2.05. The van der Waals surface area contributed by atoms with E-state index in [0.717, 1.165) is 25.7 Å². The second-order valence-electron chi connectivity index (χ2n) is 6.48. The van der Waals surface area contributed by atoms with Crippen molar-refractivity contribution in [1.82, 2.24) is 5.32 Å². The summed E-state index contributed by atoms with van der Waals surface area (Å²) in [6, 6.07) is 6.95. The molecule has 0 saturated heterocycles. The number of anilines is 1. The molecular formula is C19H21ClN2O3S. The van der Waals surface area contributed by atoms with E-state index in [2.05, 4.69) is 27.5 Å². The van der Waals surface area contributed by atoms with Crippen LogP contribution in [0.1, 0.15) is 31.2 Å². The number of carbonyl (C=O) groups excluding carboxylic acids is 2. The van der Waals surface area contributed by atoms with Crippen LogP contribution in [0.4, 0.5) is 5.69 Å². The van der Waals surface area contributed by atoms with Gasteiger partial charge in [-0.05, 0) is 53.4 Å². The van der Waals surface area contributed by atoms with Crippen molar-refractivity contribution in [3.8, 4) is 5.75 Å². The van der Waals surface area contributed by atoms with E-state index in [4.69, 9.17) is 16.3 Å². The average Bonchev–Trinajstić information content (AvgIpc) is 3.32. The van der Waals surface area contributed by atoms with E-state index < -0.39 is 11.8 Å². The van der Waals surface area contributed by atoms with Gasteiger partial charge in [0.05, 0.1) is 12.8 Å². The van der Waals surface area contributed by atoms with Crippen LogP contribution in [0.15, 0.2) is 35.0 Å². The number of halogens is 1. The molecule has 0 unspecified atom stereocenters. The lowest BCUT2D eigenvalue weighted by molar-refractivity contribution is -0.136. The Bertz CT molecular complexity index is 786. The summed E-state index contributed by atoms with van der Waals surface area (Å²) in [7, 11) is 1.49. The molecule has 7 heteroatoms. The van der Waals surface area contributed by atoms with Crippen molar-refractivity contribution in [2.45, 2.75) is 31.1 Å². The third-order valence-electron chi connectivity index (χ3n) is 4.90. The maximum atomic E-state index is 12.3. The van der Waals surface area contributed by atoms with E-state index in [-0.39, 0.29) is 5.41 Å². The predicted octanol–water partition coefficient (Wildman–Crippen LogP) is 3.98. The van der Waals surface area contributed by atoms with Gasteiger partial charge in [0.2, 0.25) is 0 Å². The molecule has 2 amide bonds. The van der Waals surface area contributed by atoms with Gasteiger partial charge < -0.3 is 15.4 Å². The van der Waals surface area contributed by atoms with Crippen molar-refractivity contribution < 1.29 is 14.3 Å². The minimum absolute atomic E-state index is 0.0658. The van der Waals surface area contributed by atoms with Crippen LogP contribution < -0.4 is 15.4 Å². The molecule has 1 heterocycles. The predicted molar refractivity (Wildman–Crippen MR) is 104 cm³/mol. The number of hydrogen-bond acceptors (Lipinski definition) is 4. The summed E-state index contributed by atoms with van der Waals surface area (Å²) in [6.45, 7) is 0.461. The number of carbonyl (C=O) groups is 2. The molecule has 0 bridgehead atoms. The van der Waals surface area contributed by atoms with Crippen LogP contribution in [0.25, 0.3) is 0 Å². The zero-order valence-corrected chi connectivity index (χ0v) is 16.1. The minimum atomic E-state index is -0.732. The molecule has 1 fully saturated rings. The van der Waals surface area contributed by atoms with Crippen molar-refractivity contribution >= 4 is 40.4 Å². The van der Waals surface area contributed by atoms with E-state index in [1.165, 1.54) is 12.7 Å². The molecule has 1 aromatic carbocycles. The maximum Gasteiger partial charge on any atom is 0.313 e. The SMILES string of the molecule is COc1ccc(Cl)cc1NC(=O)C(=O)NCC1(c2ccsc2)CCCC1. The molecule has 0 atom stereocenters. The average molecular weight is 393 g/mol. The number of thiophene rings is 1. The molecule has 5 nitrogen and oxygen atoms in total. The van der Waals surface area contributed by atoms with Crippen molar-refractivity contribution in [2.24, 2.45) is 0 Å². The molecule has 1 aliphatic rings. The Morgan fingerprint density at radius 3 is 2.65 bits per heavy atom. The highest BCUT2D eigenvalue weighted by molar-refractivity contribution is 7.08. The first-order valence-electron chi connectivity index (χ1n) is 8.49. The van der Waals surface area contributed by atoms with Crippen LogP contribution in [0.5, 0.6) is 5.75 Å². The Morgan fingerprint density at radius 1 is 1.23 bits per heavy atom. The van der Waals surface area contributed by atoms with Crippen LogP contribution in [0, 0.1) is 0 Å². The fraction of sp³-hybridized carbons (Fsp3) is 0.368. The van der Waals surface area contributed by atoms with E-state index in [0.29, 0.717) is 23.0 Å². The highest BCUT2D eigenvalue weighted by atomic mass is 35.5. The van der Waals surface area contributed by atoms with Gasteiger partial charge in [0, 0.05) is 17.0 Å². The molecule has 1 aliphatic carbocycles. The second-order valence-corrected chi connectivity index (χ2v) is 7.70. The lowest BCUT2D eigenvalue weighted by atomic mass is 9.80. The van der Waals surface area contributed by atoms with Crippen molar-refractivity contribution in [3.63, 3.8) is 0 Å². The lowest BCUT2D eigenvalue weighted by Crippen LogP contribution is -2.43. The molecule has 0 radical (unpaired) electrons. The quantitative estimate of drug-likeness (QED) is 0.756. The van der Waals surface area contributed by atoms with Crippen LogP contribution in [0.2, 0.25) is 5.02 Å². The highest BCUT2D eigenvalue weighted by Gasteiger charge is 2.36. The number of benzene rings is 1. The molecule has 3 rings (SSSR count). The Morgan fingerprint density at radius 2 is 2.00 bits per heavy atom. The van der Waals surface area contributed by atoms with Crippen molar-refractivity contribution in [3.05, 3.63) is 45.6 Å². The van der Waals surface area contributed by atoms with Gasteiger partial charge in [-0.15, -0.1) is 0 Å². The first kappa shape index (κ1) is 18.7. The van der Waals surface area contributed by atoms with Crippen molar-refractivity contribution in [1.29, 1.82) is 0 Å². The number of hydrogen-bond donors (Lipinski definition) is 2. The number of nitrogens with one attached hydrogen (secondary N) is 2. The highest BCUT2D eigenvalue weighted by Crippen LogP contribution is 2.41. The zero-order valence-electron chi connectivity index (χ0n) is 14.5. The number of rotatable bonds is 5. The summed E-state index contributed by atoms with van der Waals surface area (Å²) in [4.78, 5) is 24.6. The minimum Gasteiger partial charge on any atom is -0.495 e. The third-order valence-corrected chi connectivity index (χ3v) is 5.82. The van der Waals surface area contributed by atoms with E-state index >= 15 is 0 Å². The molecule has 0 spiro atoms. The molecule has 2 N–H and O–H groups in total. The normalized spacial score (nSPS) is 15.5. The largest absolute Gasteiger partial charge is 0.495 e. The molecule has 138 valence electrons. The third kappa shape index (κ3) is 4.02. The Kier molecular flexibility index (Phi) is 5.84. The number of ether oxygens (including phenoxy) is 1.